The molecule has 0 bridgehead atoms. The lowest BCUT2D eigenvalue weighted by Crippen LogP contribution is -2.54. The Labute approximate surface area is 163 Å². The van der Waals surface area contributed by atoms with Crippen molar-refractivity contribution in [1.29, 1.82) is 0 Å². The fourth-order valence-corrected chi connectivity index (χ4v) is 2.59. The fraction of sp³-hybridized carbons (Fsp3) is 0.474. The van der Waals surface area contributed by atoms with Gasteiger partial charge in [-0.1, -0.05) is 25.1 Å². The maximum atomic E-state index is 13.9. The average molecular weight is 395 g/mol. The third-order valence-corrected chi connectivity index (χ3v) is 4.01. The maximum absolute atomic E-state index is 13.9. The second-order valence-electron chi connectivity index (χ2n) is 6.40. The van der Waals surface area contributed by atoms with E-state index in [4.69, 9.17) is 10.5 Å². The summed E-state index contributed by atoms with van der Waals surface area (Å²) in [6, 6.07) is 3.58. The van der Waals surface area contributed by atoms with Crippen molar-refractivity contribution in [3.8, 4) is 0 Å². The maximum Gasteiger partial charge on any atom is 0.308 e. The van der Waals surface area contributed by atoms with Crippen LogP contribution in [0.4, 0.5) is 4.39 Å². The number of ether oxygens (including phenoxy) is 1. The molecular formula is C19H26FN3O5. The zero-order chi connectivity index (χ0) is 21.3. The van der Waals surface area contributed by atoms with Crippen LogP contribution in [0.1, 0.15) is 32.8 Å². The van der Waals surface area contributed by atoms with Gasteiger partial charge in [-0.25, -0.2) is 4.39 Å². The monoisotopic (exact) mass is 395 g/mol. The van der Waals surface area contributed by atoms with Crippen LogP contribution in [0.15, 0.2) is 24.3 Å². The Morgan fingerprint density at radius 1 is 1.14 bits per heavy atom. The first-order valence-electron chi connectivity index (χ1n) is 8.92. The number of carbonyl (C=O) groups excluding carboxylic acids is 4. The Morgan fingerprint density at radius 3 is 2.32 bits per heavy atom. The van der Waals surface area contributed by atoms with Gasteiger partial charge in [0.2, 0.25) is 17.7 Å². The molecule has 28 heavy (non-hydrogen) atoms. The molecule has 8 nitrogen and oxygen atoms in total. The van der Waals surface area contributed by atoms with E-state index in [1.165, 1.54) is 25.1 Å². The van der Waals surface area contributed by atoms with Gasteiger partial charge in [-0.15, -0.1) is 0 Å². The summed E-state index contributed by atoms with van der Waals surface area (Å²) in [6.45, 7) is 4.60. The number of nitrogens with two attached hydrogens (primary N) is 1. The summed E-state index contributed by atoms with van der Waals surface area (Å²) in [5, 5.41) is 4.87. The van der Waals surface area contributed by atoms with Gasteiger partial charge in [0.15, 0.2) is 0 Å². The molecule has 0 unspecified atom stereocenters. The Kier molecular flexibility index (Phi) is 9.07. The predicted molar refractivity (Wildman–Crippen MR) is 99.2 cm³/mol. The molecule has 154 valence electrons. The van der Waals surface area contributed by atoms with Crippen molar-refractivity contribution in [3.05, 3.63) is 35.6 Å². The minimum atomic E-state index is -1.15. The van der Waals surface area contributed by atoms with E-state index in [1.54, 1.807) is 19.9 Å². The highest BCUT2D eigenvalue weighted by Crippen LogP contribution is 2.12. The molecule has 3 atom stereocenters. The number of esters is 1. The predicted octanol–water partition coefficient (Wildman–Crippen LogP) is 0.432. The van der Waals surface area contributed by atoms with E-state index in [0.29, 0.717) is 0 Å². The van der Waals surface area contributed by atoms with Crippen molar-refractivity contribution in [1.82, 2.24) is 10.6 Å². The van der Waals surface area contributed by atoms with Gasteiger partial charge >= 0.3 is 5.97 Å². The number of rotatable bonds is 10. The van der Waals surface area contributed by atoms with Crippen LogP contribution in [0.5, 0.6) is 0 Å². The van der Waals surface area contributed by atoms with E-state index in [1.807, 2.05) is 0 Å². The van der Waals surface area contributed by atoms with Gasteiger partial charge < -0.3 is 21.1 Å². The lowest BCUT2D eigenvalue weighted by molar-refractivity contribution is -0.148. The van der Waals surface area contributed by atoms with Crippen LogP contribution in [0, 0.1) is 11.7 Å². The molecule has 0 aliphatic carbocycles. The molecular weight excluding hydrogens is 369 g/mol. The molecule has 0 radical (unpaired) electrons. The van der Waals surface area contributed by atoms with E-state index < -0.39 is 47.5 Å². The number of hydrogen-bond acceptors (Lipinski definition) is 5. The normalized spacial score (nSPS) is 13.7. The molecule has 0 spiro atoms. The summed E-state index contributed by atoms with van der Waals surface area (Å²) < 4.78 is 18.8. The quantitative estimate of drug-likeness (QED) is 0.495. The zero-order valence-electron chi connectivity index (χ0n) is 16.2. The Hall–Kier alpha value is -2.97. The van der Waals surface area contributed by atoms with Crippen LogP contribution in [0.2, 0.25) is 0 Å². The second kappa shape index (κ2) is 11.0. The highest BCUT2D eigenvalue weighted by Gasteiger charge is 2.29. The van der Waals surface area contributed by atoms with Crippen molar-refractivity contribution in [2.75, 3.05) is 6.61 Å². The summed E-state index contributed by atoms with van der Waals surface area (Å²) in [5.74, 6) is -3.76. The van der Waals surface area contributed by atoms with Crippen LogP contribution < -0.4 is 16.4 Å². The minimum Gasteiger partial charge on any atom is -0.466 e. The number of halogens is 1. The minimum absolute atomic E-state index is 0.0631. The SMILES string of the molecule is CCOC(=O)[C@H](C)C[C@@H](NC(=O)[C@@H](Cc1ccccc1F)NC(C)=O)C(N)=O. The molecule has 0 fully saturated rings. The first-order valence-corrected chi connectivity index (χ1v) is 8.92. The molecule has 1 aromatic carbocycles. The molecule has 0 aliphatic heterocycles. The van der Waals surface area contributed by atoms with E-state index >= 15 is 0 Å². The van der Waals surface area contributed by atoms with Crippen LogP contribution >= 0.6 is 0 Å². The van der Waals surface area contributed by atoms with Gasteiger partial charge in [0.25, 0.3) is 0 Å². The van der Waals surface area contributed by atoms with Crippen molar-refractivity contribution in [3.63, 3.8) is 0 Å². The van der Waals surface area contributed by atoms with Gasteiger partial charge in [-0.3, -0.25) is 19.2 Å². The number of primary amides is 1. The number of benzene rings is 1. The van der Waals surface area contributed by atoms with E-state index in [-0.39, 0.29) is 25.0 Å². The van der Waals surface area contributed by atoms with E-state index in [9.17, 15) is 23.6 Å². The molecule has 0 aliphatic rings. The molecule has 4 N–H and O–H groups in total. The van der Waals surface area contributed by atoms with Crippen molar-refractivity contribution in [2.24, 2.45) is 11.7 Å². The zero-order valence-corrected chi connectivity index (χ0v) is 16.2. The molecule has 9 heteroatoms. The molecule has 0 heterocycles. The molecule has 3 amide bonds. The fourth-order valence-electron chi connectivity index (χ4n) is 2.59. The molecule has 0 aromatic heterocycles. The van der Waals surface area contributed by atoms with Crippen molar-refractivity contribution in [2.45, 2.75) is 45.7 Å². The Morgan fingerprint density at radius 2 is 1.79 bits per heavy atom. The van der Waals surface area contributed by atoms with Gasteiger partial charge in [0.05, 0.1) is 12.5 Å². The van der Waals surface area contributed by atoms with Crippen LogP contribution in [0.25, 0.3) is 0 Å². The number of hydrogen-bond donors (Lipinski definition) is 3. The van der Waals surface area contributed by atoms with Crippen LogP contribution in [-0.4, -0.2) is 42.4 Å². The highest BCUT2D eigenvalue weighted by molar-refractivity contribution is 5.91. The van der Waals surface area contributed by atoms with E-state index in [2.05, 4.69) is 10.6 Å². The van der Waals surface area contributed by atoms with Crippen molar-refractivity contribution < 1.29 is 28.3 Å². The Bertz CT molecular complexity index is 725. The standard InChI is InChI=1S/C19H26FN3O5/c1-4-28-19(27)11(2)9-15(17(21)25)23-18(26)16(22-12(3)24)10-13-7-5-6-8-14(13)20/h5-8,11,15-16H,4,9-10H2,1-3H3,(H2,21,25)(H,22,24)(H,23,26)/t11-,15-,16-/m1/s1. The van der Waals surface area contributed by atoms with Crippen LogP contribution in [0.3, 0.4) is 0 Å². The summed E-state index contributed by atoms with van der Waals surface area (Å²) in [4.78, 5) is 47.5. The number of nitrogens with one attached hydrogen (secondary N) is 2. The third kappa shape index (κ3) is 7.34. The largest absolute Gasteiger partial charge is 0.466 e. The molecule has 1 aromatic rings. The molecule has 0 saturated carbocycles. The van der Waals surface area contributed by atoms with Gasteiger partial charge in [0.1, 0.15) is 17.9 Å². The number of amides is 3. The lowest BCUT2D eigenvalue weighted by atomic mass is 10.00. The first kappa shape index (κ1) is 23.1. The summed E-state index contributed by atoms with van der Waals surface area (Å²) >= 11 is 0. The van der Waals surface area contributed by atoms with Gasteiger partial charge in [-0.2, -0.15) is 0 Å². The Balaban J connectivity index is 2.90. The first-order chi connectivity index (χ1) is 13.1. The smallest absolute Gasteiger partial charge is 0.308 e. The summed E-state index contributed by atoms with van der Waals surface area (Å²) in [6.07, 6.45) is -0.177. The lowest BCUT2D eigenvalue weighted by Gasteiger charge is -2.23. The van der Waals surface area contributed by atoms with Crippen LogP contribution in [-0.2, 0) is 30.3 Å². The number of carbonyl (C=O) groups is 4. The molecule has 0 saturated heterocycles. The highest BCUT2D eigenvalue weighted by atomic mass is 19.1. The van der Waals surface area contributed by atoms with Gasteiger partial charge in [0, 0.05) is 13.3 Å². The summed E-state index contributed by atoms with van der Waals surface area (Å²) in [5.41, 5.74) is 5.56. The van der Waals surface area contributed by atoms with Crippen molar-refractivity contribution >= 4 is 23.7 Å². The topological polar surface area (TPSA) is 128 Å². The van der Waals surface area contributed by atoms with E-state index in [0.717, 1.165) is 0 Å². The third-order valence-electron chi connectivity index (χ3n) is 4.01. The summed E-state index contributed by atoms with van der Waals surface area (Å²) in [7, 11) is 0. The average Bonchev–Trinajstić information content (AvgIpc) is 2.61. The molecule has 1 rings (SSSR count). The van der Waals surface area contributed by atoms with Gasteiger partial charge in [-0.05, 0) is 25.0 Å². The second-order valence-corrected chi connectivity index (χ2v) is 6.40.